The Labute approximate surface area is 135 Å². The Kier molecular flexibility index (Phi) is 5.32. The van der Waals surface area contributed by atoms with Crippen molar-refractivity contribution >= 4 is 17.2 Å². The minimum absolute atomic E-state index is 0.0236. The zero-order valence-corrected chi connectivity index (χ0v) is 14.0. The van der Waals surface area contributed by atoms with Gasteiger partial charge in [0.05, 0.1) is 17.2 Å². The molecular formula is C17H22N2O2S. The topological polar surface area (TPSA) is 62.2 Å². The summed E-state index contributed by atoms with van der Waals surface area (Å²) in [4.78, 5) is 17.4. The van der Waals surface area contributed by atoms with E-state index in [-0.39, 0.29) is 24.0 Å². The molecule has 1 atom stereocenters. The number of carbonyl (C=O) groups is 1. The van der Waals surface area contributed by atoms with Crippen LogP contribution in [0.15, 0.2) is 36.5 Å². The van der Waals surface area contributed by atoms with Crippen molar-refractivity contribution in [1.82, 2.24) is 10.3 Å². The van der Waals surface area contributed by atoms with Gasteiger partial charge < -0.3 is 10.4 Å². The standard InChI is InChI=1S/C17H22N2O2S/c1-17(2,3)16-18-11-14(22-16)15(21)19-13(9-10-20)12-7-5-4-6-8-12/h4-8,11,13,20H,9-10H2,1-3H3,(H,19,21). The largest absolute Gasteiger partial charge is 0.396 e. The Hall–Kier alpha value is -1.72. The molecule has 1 unspecified atom stereocenters. The minimum atomic E-state index is -0.195. The normalized spacial score (nSPS) is 12.9. The van der Waals surface area contributed by atoms with Gasteiger partial charge >= 0.3 is 0 Å². The maximum atomic E-state index is 12.4. The average molecular weight is 318 g/mol. The average Bonchev–Trinajstić information content (AvgIpc) is 2.98. The van der Waals surface area contributed by atoms with Gasteiger partial charge in [-0.25, -0.2) is 4.98 Å². The van der Waals surface area contributed by atoms with Crippen molar-refractivity contribution in [2.45, 2.75) is 38.6 Å². The van der Waals surface area contributed by atoms with Crippen molar-refractivity contribution < 1.29 is 9.90 Å². The third-order valence-corrected chi connectivity index (χ3v) is 4.72. The molecule has 4 nitrogen and oxygen atoms in total. The van der Waals surface area contributed by atoms with Crippen LogP contribution >= 0.6 is 11.3 Å². The summed E-state index contributed by atoms with van der Waals surface area (Å²) in [5.74, 6) is -0.143. The molecule has 0 aliphatic rings. The molecule has 118 valence electrons. The van der Waals surface area contributed by atoms with Crippen LogP contribution in [0.4, 0.5) is 0 Å². The van der Waals surface area contributed by atoms with E-state index < -0.39 is 0 Å². The van der Waals surface area contributed by atoms with E-state index in [2.05, 4.69) is 31.1 Å². The number of thiazole rings is 1. The van der Waals surface area contributed by atoms with Crippen molar-refractivity contribution in [1.29, 1.82) is 0 Å². The molecule has 1 aromatic heterocycles. The Morgan fingerprint density at radius 1 is 1.32 bits per heavy atom. The third-order valence-electron chi connectivity index (χ3n) is 3.30. The number of benzene rings is 1. The number of rotatable bonds is 5. The van der Waals surface area contributed by atoms with Crippen molar-refractivity contribution in [3.05, 3.63) is 52.0 Å². The van der Waals surface area contributed by atoms with Crippen LogP contribution < -0.4 is 5.32 Å². The molecule has 0 aliphatic heterocycles. The molecule has 0 saturated heterocycles. The molecule has 2 aromatic rings. The maximum Gasteiger partial charge on any atom is 0.263 e. The second kappa shape index (κ2) is 7.03. The molecular weight excluding hydrogens is 296 g/mol. The van der Waals surface area contributed by atoms with Crippen LogP contribution in [0.1, 0.15) is 53.5 Å². The van der Waals surface area contributed by atoms with Gasteiger partial charge in [-0.3, -0.25) is 4.79 Å². The van der Waals surface area contributed by atoms with Gasteiger partial charge in [0.15, 0.2) is 0 Å². The van der Waals surface area contributed by atoms with Crippen molar-refractivity contribution in [3.63, 3.8) is 0 Å². The van der Waals surface area contributed by atoms with Crippen molar-refractivity contribution in [3.8, 4) is 0 Å². The fourth-order valence-electron chi connectivity index (χ4n) is 2.09. The van der Waals surface area contributed by atoms with Crippen LogP contribution in [0.25, 0.3) is 0 Å². The highest BCUT2D eigenvalue weighted by Crippen LogP contribution is 2.27. The Bertz CT molecular complexity index is 617. The van der Waals surface area contributed by atoms with E-state index in [0.717, 1.165) is 10.6 Å². The summed E-state index contributed by atoms with van der Waals surface area (Å²) in [6, 6.07) is 9.49. The summed E-state index contributed by atoms with van der Waals surface area (Å²) in [6.45, 7) is 6.25. The maximum absolute atomic E-state index is 12.4. The Morgan fingerprint density at radius 2 is 2.00 bits per heavy atom. The van der Waals surface area contributed by atoms with Gasteiger partial charge in [-0.05, 0) is 12.0 Å². The minimum Gasteiger partial charge on any atom is -0.396 e. The summed E-state index contributed by atoms with van der Waals surface area (Å²) in [5, 5.41) is 13.2. The molecule has 22 heavy (non-hydrogen) atoms. The third kappa shape index (κ3) is 4.15. The van der Waals surface area contributed by atoms with Gasteiger partial charge in [-0.1, -0.05) is 51.1 Å². The lowest BCUT2D eigenvalue weighted by Gasteiger charge is -2.17. The summed E-state index contributed by atoms with van der Waals surface area (Å²) in [7, 11) is 0. The molecule has 0 aliphatic carbocycles. The predicted octanol–water partition coefficient (Wildman–Crippen LogP) is 3.29. The molecule has 0 bridgehead atoms. The molecule has 2 N–H and O–H groups in total. The first-order valence-electron chi connectivity index (χ1n) is 7.35. The zero-order valence-electron chi connectivity index (χ0n) is 13.2. The van der Waals surface area contributed by atoms with E-state index in [1.807, 2.05) is 30.3 Å². The fraction of sp³-hybridized carbons (Fsp3) is 0.412. The molecule has 0 spiro atoms. The predicted molar refractivity (Wildman–Crippen MR) is 89.2 cm³/mol. The van der Waals surface area contributed by atoms with Crippen LogP contribution in [0, 0.1) is 0 Å². The van der Waals surface area contributed by atoms with E-state index in [0.29, 0.717) is 11.3 Å². The van der Waals surface area contributed by atoms with Crippen LogP contribution in [0.5, 0.6) is 0 Å². The lowest BCUT2D eigenvalue weighted by atomic mass is 9.98. The molecule has 1 aromatic carbocycles. The quantitative estimate of drug-likeness (QED) is 0.889. The number of aliphatic hydroxyl groups excluding tert-OH is 1. The number of aromatic nitrogens is 1. The van der Waals surface area contributed by atoms with Gasteiger partial charge in [0.25, 0.3) is 5.91 Å². The van der Waals surface area contributed by atoms with Gasteiger partial charge in [-0.2, -0.15) is 0 Å². The molecule has 0 saturated carbocycles. The number of hydrogen-bond donors (Lipinski definition) is 2. The molecule has 1 heterocycles. The first-order valence-corrected chi connectivity index (χ1v) is 8.16. The highest BCUT2D eigenvalue weighted by Gasteiger charge is 2.22. The number of aliphatic hydroxyl groups is 1. The van der Waals surface area contributed by atoms with Gasteiger partial charge in [0.2, 0.25) is 0 Å². The van der Waals surface area contributed by atoms with E-state index in [1.165, 1.54) is 11.3 Å². The van der Waals surface area contributed by atoms with E-state index in [4.69, 9.17) is 0 Å². The fourth-order valence-corrected chi connectivity index (χ4v) is 2.97. The first kappa shape index (κ1) is 16.6. The molecule has 5 heteroatoms. The first-order chi connectivity index (χ1) is 10.4. The molecule has 1 amide bonds. The molecule has 0 radical (unpaired) electrons. The number of hydrogen-bond acceptors (Lipinski definition) is 4. The lowest BCUT2D eigenvalue weighted by molar-refractivity contribution is 0.0934. The summed E-state index contributed by atoms with van der Waals surface area (Å²) in [6.07, 6.45) is 2.11. The number of nitrogens with zero attached hydrogens (tertiary/aromatic N) is 1. The molecule has 2 rings (SSSR count). The smallest absolute Gasteiger partial charge is 0.263 e. The number of nitrogens with one attached hydrogen (secondary N) is 1. The lowest BCUT2D eigenvalue weighted by Crippen LogP contribution is -2.28. The zero-order chi connectivity index (χ0) is 16.2. The van der Waals surface area contributed by atoms with Gasteiger partial charge in [-0.15, -0.1) is 11.3 Å². The van der Waals surface area contributed by atoms with E-state index in [9.17, 15) is 9.90 Å². The van der Waals surface area contributed by atoms with Gasteiger partial charge in [0, 0.05) is 12.0 Å². The second-order valence-electron chi connectivity index (χ2n) is 6.23. The van der Waals surface area contributed by atoms with Crippen LogP contribution in [0.3, 0.4) is 0 Å². The highest BCUT2D eigenvalue weighted by atomic mass is 32.1. The number of amides is 1. The summed E-state index contributed by atoms with van der Waals surface area (Å²) >= 11 is 1.42. The Morgan fingerprint density at radius 3 is 2.55 bits per heavy atom. The van der Waals surface area contributed by atoms with Crippen LogP contribution in [-0.2, 0) is 5.41 Å². The van der Waals surface area contributed by atoms with E-state index >= 15 is 0 Å². The highest BCUT2D eigenvalue weighted by molar-refractivity contribution is 7.13. The Balaban J connectivity index is 2.13. The van der Waals surface area contributed by atoms with Gasteiger partial charge in [0.1, 0.15) is 4.88 Å². The van der Waals surface area contributed by atoms with Crippen LogP contribution in [-0.4, -0.2) is 22.6 Å². The van der Waals surface area contributed by atoms with Crippen molar-refractivity contribution in [2.75, 3.05) is 6.61 Å². The molecule has 0 fully saturated rings. The number of carbonyl (C=O) groups excluding carboxylic acids is 1. The summed E-state index contributed by atoms with van der Waals surface area (Å²) < 4.78 is 0. The van der Waals surface area contributed by atoms with Crippen molar-refractivity contribution in [2.24, 2.45) is 0 Å². The second-order valence-corrected chi connectivity index (χ2v) is 7.26. The monoisotopic (exact) mass is 318 g/mol. The van der Waals surface area contributed by atoms with Crippen LogP contribution in [0.2, 0.25) is 0 Å². The van der Waals surface area contributed by atoms with E-state index in [1.54, 1.807) is 6.20 Å². The SMILES string of the molecule is CC(C)(C)c1ncc(C(=O)NC(CCO)c2ccccc2)s1. The summed E-state index contributed by atoms with van der Waals surface area (Å²) in [5.41, 5.74) is 0.929.